The van der Waals surface area contributed by atoms with Crippen LogP contribution in [0.5, 0.6) is 5.88 Å². The SMILES string of the molecule is COc1ccc(-c2cc(-c3ccc(C[SH](=O)=O)cc3)cnc2N)cn1. The third-order valence-electron chi connectivity index (χ3n) is 3.77. The summed E-state index contributed by atoms with van der Waals surface area (Å²) in [6, 6.07) is 12.9. The van der Waals surface area contributed by atoms with E-state index in [2.05, 4.69) is 9.97 Å². The number of thiol groups is 1. The zero-order valence-electron chi connectivity index (χ0n) is 13.5. The van der Waals surface area contributed by atoms with Crippen molar-refractivity contribution in [3.8, 4) is 28.1 Å². The molecule has 3 aromatic rings. The molecule has 0 amide bonds. The van der Waals surface area contributed by atoms with Crippen molar-refractivity contribution in [1.82, 2.24) is 9.97 Å². The Bertz CT molecular complexity index is 944. The molecule has 0 bridgehead atoms. The van der Waals surface area contributed by atoms with Crippen LogP contribution in [0.15, 0.2) is 54.9 Å². The first-order valence-corrected chi connectivity index (χ1v) is 8.90. The summed E-state index contributed by atoms with van der Waals surface area (Å²) in [4.78, 5) is 8.46. The molecule has 25 heavy (non-hydrogen) atoms. The molecule has 0 fully saturated rings. The van der Waals surface area contributed by atoms with Gasteiger partial charge in [-0.1, -0.05) is 24.3 Å². The molecule has 0 radical (unpaired) electrons. The number of aromatic nitrogens is 2. The van der Waals surface area contributed by atoms with Crippen LogP contribution in [0, 0.1) is 0 Å². The van der Waals surface area contributed by atoms with E-state index in [0.717, 1.165) is 27.8 Å². The van der Waals surface area contributed by atoms with Crippen molar-refractivity contribution in [2.45, 2.75) is 5.75 Å². The van der Waals surface area contributed by atoms with Gasteiger partial charge in [0.2, 0.25) is 5.88 Å². The average Bonchev–Trinajstić information content (AvgIpc) is 2.62. The van der Waals surface area contributed by atoms with E-state index in [0.29, 0.717) is 11.7 Å². The van der Waals surface area contributed by atoms with Gasteiger partial charge in [0.1, 0.15) is 16.5 Å². The summed E-state index contributed by atoms with van der Waals surface area (Å²) in [5.41, 5.74) is 10.2. The topological polar surface area (TPSA) is 95.2 Å². The molecule has 0 atom stereocenters. The lowest BCUT2D eigenvalue weighted by Gasteiger charge is -2.09. The van der Waals surface area contributed by atoms with Gasteiger partial charge in [-0.15, -0.1) is 0 Å². The minimum absolute atomic E-state index is 0.0400. The summed E-state index contributed by atoms with van der Waals surface area (Å²) < 4.78 is 26.7. The van der Waals surface area contributed by atoms with Crippen molar-refractivity contribution in [3.05, 3.63) is 60.4 Å². The summed E-state index contributed by atoms with van der Waals surface area (Å²) in [5, 5.41) is 0. The fourth-order valence-corrected chi connectivity index (χ4v) is 2.99. The van der Waals surface area contributed by atoms with Crippen molar-refractivity contribution < 1.29 is 13.2 Å². The van der Waals surface area contributed by atoms with E-state index < -0.39 is 10.7 Å². The van der Waals surface area contributed by atoms with Gasteiger partial charge < -0.3 is 10.5 Å². The number of hydrogen-bond acceptors (Lipinski definition) is 6. The molecule has 0 saturated carbocycles. The molecule has 2 heterocycles. The van der Waals surface area contributed by atoms with Gasteiger partial charge in [-0.25, -0.2) is 18.4 Å². The lowest BCUT2D eigenvalue weighted by atomic mass is 10.0. The Morgan fingerprint density at radius 3 is 2.24 bits per heavy atom. The highest BCUT2D eigenvalue weighted by Crippen LogP contribution is 2.30. The van der Waals surface area contributed by atoms with Crippen molar-refractivity contribution in [1.29, 1.82) is 0 Å². The number of nitrogens with two attached hydrogens (primary N) is 1. The molecule has 128 valence electrons. The second kappa shape index (κ2) is 7.31. The fraction of sp³-hybridized carbons (Fsp3) is 0.111. The first kappa shape index (κ1) is 16.9. The van der Waals surface area contributed by atoms with Gasteiger partial charge in [0, 0.05) is 35.2 Å². The van der Waals surface area contributed by atoms with E-state index in [4.69, 9.17) is 10.5 Å². The zero-order valence-corrected chi connectivity index (χ0v) is 14.4. The number of ether oxygens (including phenoxy) is 1. The molecule has 0 aliphatic carbocycles. The van der Waals surface area contributed by atoms with Crippen LogP contribution >= 0.6 is 0 Å². The highest BCUT2D eigenvalue weighted by atomic mass is 32.2. The van der Waals surface area contributed by atoms with Crippen LogP contribution in [-0.2, 0) is 16.5 Å². The third-order valence-corrected chi connectivity index (χ3v) is 4.40. The number of rotatable bonds is 5. The molecular formula is C18H17N3O3S. The first-order valence-electron chi connectivity index (χ1n) is 7.54. The third kappa shape index (κ3) is 3.95. The minimum atomic E-state index is -2.43. The van der Waals surface area contributed by atoms with Gasteiger partial charge in [0.15, 0.2) is 0 Å². The molecule has 1 aromatic carbocycles. The average molecular weight is 355 g/mol. The van der Waals surface area contributed by atoms with Gasteiger partial charge in [-0.3, -0.25) is 0 Å². The number of anilines is 1. The summed E-state index contributed by atoms with van der Waals surface area (Å²) >= 11 is 0. The predicted octanol–water partition coefficient (Wildman–Crippen LogP) is 2.51. The lowest BCUT2D eigenvalue weighted by molar-refractivity contribution is 0.398. The number of nitrogen functional groups attached to an aromatic ring is 1. The van der Waals surface area contributed by atoms with Crippen LogP contribution in [-0.4, -0.2) is 25.5 Å². The Morgan fingerprint density at radius 2 is 1.64 bits per heavy atom. The van der Waals surface area contributed by atoms with E-state index in [1.165, 1.54) is 0 Å². The number of nitrogens with zero attached hydrogens (tertiary/aromatic N) is 2. The van der Waals surface area contributed by atoms with E-state index in [-0.39, 0.29) is 5.75 Å². The van der Waals surface area contributed by atoms with Crippen LogP contribution in [0.25, 0.3) is 22.3 Å². The maximum atomic E-state index is 10.8. The van der Waals surface area contributed by atoms with Gasteiger partial charge in [0.05, 0.1) is 12.9 Å². The van der Waals surface area contributed by atoms with Crippen LogP contribution < -0.4 is 10.5 Å². The van der Waals surface area contributed by atoms with Gasteiger partial charge in [0.25, 0.3) is 0 Å². The molecule has 6 nitrogen and oxygen atoms in total. The summed E-state index contributed by atoms with van der Waals surface area (Å²) in [5.74, 6) is 0.979. The van der Waals surface area contributed by atoms with Crippen molar-refractivity contribution in [2.75, 3.05) is 12.8 Å². The molecule has 3 rings (SSSR count). The van der Waals surface area contributed by atoms with E-state index >= 15 is 0 Å². The largest absolute Gasteiger partial charge is 0.481 e. The fourth-order valence-electron chi connectivity index (χ4n) is 2.48. The molecule has 0 aliphatic heterocycles. The predicted molar refractivity (Wildman–Crippen MR) is 97.9 cm³/mol. The number of hydrogen-bond donors (Lipinski definition) is 2. The summed E-state index contributed by atoms with van der Waals surface area (Å²) in [6.07, 6.45) is 3.38. The zero-order chi connectivity index (χ0) is 17.8. The van der Waals surface area contributed by atoms with Crippen LogP contribution in [0.1, 0.15) is 5.56 Å². The molecule has 0 aliphatic rings. The number of methoxy groups -OCH3 is 1. The molecular weight excluding hydrogens is 338 g/mol. The molecule has 0 saturated heterocycles. The molecule has 0 unspecified atom stereocenters. The van der Waals surface area contributed by atoms with Gasteiger partial charge in [-0.2, -0.15) is 0 Å². The van der Waals surface area contributed by atoms with Crippen LogP contribution in [0.3, 0.4) is 0 Å². The van der Waals surface area contributed by atoms with Gasteiger partial charge >= 0.3 is 0 Å². The second-order valence-electron chi connectivity index (χ2n) is 5.43. The first-order chi connectivity index (χ1) is 12.1. The molecule has 7 heteroatoms. The second-order valence-corrected chi connectivity index (χ2v) is 6.42. The Balaban J connectivity index is 1.95. The minimum Gasteiger partial charge on any atom is -0.481 e. The summed E-state index contributed by atoms with van der Waals surface area (Å²) in [7, 11) is -0.870. The molecule has 2 N–H and O–H groups in total. The van der Waals surface area contributed by atoms with E-state index in [1.807, 2.05) is 24.3 Å². The van der Waals surface area contributed by atoms with Crippen molar-refractivity contribution >= 4 is 16.5 Å². The Labute approximate surface area is 147 Å². The maximum Gasteiger partial charge on any atom is 0.212 e. The standard InChI is InChI=1S/C18H17N3O3S/c1-24-17-7-6-14(9-20-17)16-8-15(10-21-18(16)19)13-4-2-12(3-5-13)11-25(22)23/h2-10,25H,11H2,1H3,(H2,19,21). The Hall–Kier alpha value is -2.93. The molecule has 2 aromatic heterocycles. The van der Waals surface area contributed by atoms with E-state index in [9.17, 15) is 8.42 Å². The highest BCUT2D eigenvalue weighted by Gasteiger charge is 2.08. The normalized spacial score (nSPS) is 10.8. The Morgan fingerprint density at radius 1 is 0.960 bits per heavy atom. The summed E-state index contributed by atoms with van der Waals surface area (Å²) in [6.45, 7) is 0. The number of pyridine rings is 2. The van der Waals surface area contributed by atoms with Crippen molar-refractivity contribution in [3.63, 3.8) is 0 Å². The van der Waals surface area contributed by atoms with E-state index in [1.54, 1.807) is 37.7 Å². The Kier molecular flexibility index (Phi) is 4.95. The smallest absolute Gasteiger partial charge is 0.212 e. The quantitative estimate of drug-likeness (QED) is 0.683. The molecule has 0 spiro atoms. The van der Waals surface area contributed by atoms with Gasteiger partial charge in [-0.05, 0) is 23.3 Å². The maximum absolute atomic E-state index is 10.8. The van der Waals surface area contributed by atoms with Crippen LogP contribution in [0.2, 0.25) is 0 Å². The van der Waals surface area contributed by atoms with Crippen LogP contribution in [0.4, 0.5) is 5.82 Å². The number of benzene rings is 1. The monoisotopic (exact) mass is 355 g/mol. The van der Waals surface area contributed by atoms with Crippen molar-refractivity contribution in [2.24, 2.45) is 0 Å². The highest BCUT2D eigenvalue weighted by molar-refractivity contribution is 7.71. The lowest BCUT2D eigenvalue weighted by Crippen LogP contribution is -1.96.